The summed E-state index contributed by atoms with van der Waals surface area (Å²) in [6.07, 6.45) is 1.00. The minimum Gasteiger partial charge on any atom is -0.391 e. The van der Waals surface area contributed by atoms with Crippen LogP contribution in [0.15, 0.2) is 27.9 Å². The number of anilines is 2. The Bertz CT molecular complexity index is 907. The van der Waals surface area contributed by atoms with Crippen LogP contribution >= 0.6 is 23.4 Å². The monoisotopic (exact) mass is 416 g/mol. The Morgan fingerprint density at radius 2 is 2.22 bits per heavy atom. The number of hydrogen-bond acceptors (Lipinski definition) is 7. The highest BCUT2D eigenvalue weighted by Crippen LogP contribution is 2.29. The maximum atomic E-state index is 14.3. The normalized spacial score (nSPS) is 11.9. The molecule has 1 amide bonds. The van der Waals surface area contributed by atoms with Crippen LogP contribution in [0.4, 0.5) is 15.8 Å². The van der Waals surface area contributed by atoms with Crippen LogP contribution in [0.2, 0.25) is 5.02 Å². The molecule has 3 N–H and O–H groups in total. The van der Waals surface area contributed by atoms with Gasteiger partial charge in [0.15, 0.2) is 5.69 Å². The first-order chi connectivity index (χ1) is 12.7. The van der Waals surface area contributed by atoms with Crippen molar-refractivity contribution in [2.75, 3.05) is 18.2 Å². The molecule has 2 aromatic rings. The van der Waals surface area contributed by atoms with Crippen molar-refractivity contribution >= 4 is 40.6 Å². The molecule has 0 bridgehead atoms. The van der Waals surface area contributed by atoms with Gasteiger partial charge in [-0.15, -0.1) is 11.8 Å². The molecule has 0 aliphatic carbocycles. The summed E-state index contributed by atoms with van der Waals surface area (Å²) in [4.78, 5) is 30.0. The fourth-order valence-corrected chi connectivity index (χ4v) is 2.69. The Morgan fingerprint density at radius 3 is 2.81 bits per heavy atom. The molecule has 0 saturated carbocycles. The summed E-state index contributed by atoms with van der Waals surface area (Å²) >= 11 is 7.43. The molecule has 27 heavy (non-hydrogen) atoms. The number of carbonyl (C=O) groups is 1. The van der Waals surface area contributed by atoms with E-state index in [0.717, 1.165) is 4.68 Å². The highest BCUT2D eigenvalue weighted by atomic mass is 35.5. The number of thioether (sulfide) groups is 1. The van der Waals surface area contributed by atoms with E-state index in [-0.39, 0.29) is 28.7 Å². The molecule has 1 aromatic heterocycles. The number of hydrogen-bond donors (Lipinski definition) is 3. The van der Waals surface area contributed by atoms with Crippen LogP contribution in [-0.2, 0) is 11.9 Å². The van der Waals surface area contributed by atoms with Gasteiger partial charge in [0.25, 0.3) is 11.5 Å². The standard InChI is InChI=1S/C16H18ClFN4O4S/c1-8(23)7-26-21-15(24)14-13(12(17)16(25)22(2)20-14)19-11-5-4-9(27-3)6-10(11)18/h4-6,8,19,23H,7H2,1-3H3,(H,21,24). The van der Waals surface area contributed by atoms with Crippen molar-refractivity contribution in [2.45, 2.75) is 17.9 Å². The first-order valence-corrected chi connectivity index (χ1v) is 9.32. The van der Waals surface area contributed by atoms with Gasteiger partial charge >= 0.3 is 0 Å². The van der Waals surface area contributed by atoms with E-state index >= 15 is 0 Å². The molecule has 1 heterocycles. The number of nitrogens with zero attached hydrogens (tertiary/aromatic N) is 2. The highest BCUT2D eigenvalue weighted by Gasteiger charge is 2.22. The fraction of sp³-hybridized carbons (Fsp3) is 0.312. The van der Waals surface area contributed by atoms with E-state index in [4.69, 9.17) is 21.5 Å². The van der Waals surface area contributed by atoms with Gasteiger partial charge in [0.1, 0.15) is 17.4 Å². The zero-order chi connectivity index (χ0) is 20.1. The van der Waals surface area contributed by atoms with Gasteiger partial charge in [0, 0.05) is 11.9 Å². The van der Waals surface area contributed by atoms with Crippen molar-refractivity contribution in [1.29, 1.82) is 0 Å². The average Bonchev–Trinajstić information content (AvgIpc) is 2.62. The minimum atomic E-state index is -0.822. The third kappa shape index (κ3) is 5.19. The lowest BCUT2D eigenvalue weighted by molar-refractivity contribution is -0.00717. The lowest BCUT2D eigenvalue weighted by Gasteiger charge is -2.15. The fourth-order valence-electron chi connectivity index (χ4n) is 2.01. The summed E-state index contributed by atoms with van der Waals surface area (Å²) in [7, 11) is 1.32. The number of carbonyl (C=O) groups excluding carboxylic acids is 1. The molecule has 2 rings (SSSR count). The Morgan fingerprint density at radius 1 is 1.52 bits per heavy atom. The zero-order valence-corrected chi connectivity index (χ0v) is 16.3. The predicted octanol–water partition coefficient (Wildman–Crippen LogP) is 2.08. The van der Waals surface area contributed by atoms with Gasteiger partial charge in [-0.1, -0.05) is 11.6 Å². The summed E-state index contributed by atoms with van der Waals surface area (Å²) in [5.41, 5.74) is 1.01. The summed E-state index contributed by atoms with van der Waals surface area (Å²) in [6.45, 7) is 1.32. The SMILES string of the molecule is CSc1ccc(Nc2c(C(=O)NOCC(C)O)nn(C)c(=O)c2Cl)c(F)c1. The second kappa shape index (κ2) is 9.18. The van der Waals surface area contributed by atoms with Gasteiger partial charge in [-0.2, -0.15) is 5.10 Å². The lowest BCUT2D eigenvalue weighted by atomic mass is 10.2. The van der Waals surface area contributed by atoms with Crippen molar-refractivity contribution in [2.24, 2.45) is 7.05 Å². The van der Waals surface area contributed by atoms with E-state index in [2.05, 4.69) is 15.9 Å². The van der Waals surface area contributed by atoms with Crippen LogP contribution in [0, 0.1) is 5.82 Å². The topological polar surface area (TPSA) is 105 Å². The summed E-state index contributed by atoms with van der Waals surface area (Å²) in [5.74, 6) is -1.41. The number of hydroxylamine groups is 1. The zero-order valence-electron chi connectivity index (χ0n) is 14.7. The van der Waals surface area contributed by atoms with Gasteiger partial charge in [-0.3, -0.25) is 14.4 Å². The van der Waals surface area contributed by atoms with E-state index in [1.807, 2.05) is 0 Å². The Labute approximate surface area is 163 Å². The molecule has 0 saturated heterocycles. The number of halogens is 2. The molecule has 0 aliphatic rings. The van der Waals surface area contributed by atoms with Gasteiger partial charge in [-0.25, -0.2) is 14.6 Å². The smallest absolute Gasteiger partial charge is 0.297 e. The quantitative estimate of drug-likeness (QED) is 0.468. The van der Waals surface area contributed by atoms with Crippen LogP contribution in [0.25, 0.3) is 0 Å². The Kier molecular flexibility index (Phi) is 7.19. The minimum absolute atomic E-state index is 0.0173. The van der Waals surface area contributed by atoms with Gasteiger partial charge < -0.3 is 10.4 Å². The van der Waals surface area contributed by atoms with Crippen LogP contribution in [0.3, 0.4) is 0 Å². The first-order valence-electron chi connectivity index (χ1n) is 7.72. The maximum absolute atomic E-state index is 14.3. The van der Waals surface area contributed by atoms with Gasteiger partial charge in [-0.05, 0) is 31.4 Å². The molecule has 11 heteroatoms. The van der Waals surface area contributed by atoms with Gasteiger partial charge in [0.05, 0.1) is 17.5 Å². The molecule has 1 aromatic carbocycles. The largest absolute Gasteiger partial charge is 0.391 e. The van der Waals surface area contributed by atoms with E-state index in [0.29, 0.717) is 4.90 Å². The Balaban J connectivity index is 2.41. The van der Waals surface area contributed by atoms with E-state index in [1.54, 1.807) is 12.3 Å². The average molecular weight is 417 g/mol. The van der Waals surface area contributed by atoms with E-state index < -0.39 is 23.4 Å². The van der Waals surface area contributed by atoms with Crippen LogP contribution in [0.1, 0.15) is 17.4 Å². The molecule has 0 fully saturated rings. The Hall–Kier alpha value is -2.14. The van der Waals surface area contributed by atoms with Crippen molar-refractivity contribution in [3.8, 4) is 0 Å². The van der Waals surface area contributed by atoms with Crippen molar-refractivity contribution < 1.29 is 19.1 Å². The summed E-state index contributed by atoms with van der Waals surface area (Å²) in [6, 6.07) is 4.44. The number of aliphatic hydroxyl groups is 1. The van der Waals surface area contributed by atoms with Crippen molar-refractivity contribution in [3.63, 3.8) is 0 Å². The van der Waals surface area contributed by atoms with Crippen LogP contribution < -0.4 is 16.4 Å². The van der Waals surface area contributed by atoms with Crippen molar-refractivity contribution in [1.82, 2.24) is 15.3 Å². The van der Waals surface area contributed by atoms with Gasteiger partial charge in [0.2, 0.25) is 0 Å². The lowest BCUT2D eigenvalue weighted by Crippen LogP contribution is -2.32. The van der Waals surface area contributed by atoms with E-state index in [1.165, 1.54) is 37.9 Å². The van der Waals surface area contributed by atoms with E-state index in [9.17, 15) is 14.0 Å². The number of benzene rings is 1. The first kappa shape index (κ1) is 21.2. The number of rotatable bonds is 7. The molecular weight excluding hydrogens is 399 g/mol. The predicted molar refractivity (Wildman–Crippen MR) is 101 cm³/mol. The molecule has 1 atom stereocenters. The molecule has 146 valence electrons. The maximum Gasteiger partial charge on any atom is 0.297 e. The molecule has 0 spiro atoms. The van der Waals surface area contributed by atoms with Crippen molar-refractivity contribution in [3.05, 3.63) is 45.1 Å². The third-order valence-electron chi connectivity index (χ3n) is 3.33. The number of nitrogens with one attached hydrogen (secondary N) is 2. The molecule has 0 radical (unpaired) electrons. The number of aromatic nitrogens is 2. The molecule has 1 unspecified atom stereocenters. The highest BCUT2D eigenvalue weighted by molar-refractivity contribution is 7.98. The molecule has 8 nitrogen and oxygen atoms in total. The van der Waals surface area contributed by atoms with Crippen LogP contribution in [0.5, 0.6) is 0 Å². The number of aliphatic hydroxyl groups excluding tert-OH is 1. The second-order valence-electron chi connectivity index (χ2n) is 5.53. The second-order valence-corrected chi connectivity index (χ2v) is 6.79. The third-order valence-corrected chi connectivity index (χ3v) is 4.40. The number of amides is 1. The molecule has 0 aliphatic heterocycles. The molecular formula is C16H18ClFN4O4S. The summed E-state index contributed by atoms with van der Waals surface area (Å²) < 4.78 is 15.2. The number of aryl methyl sites for hydroxylation is 1. The summed E-state index contributed by atoms with van der Waals surface area (Å²) in [5, 5.41) is 15.4. The van der Waals surface area contributed by atoms with Crippen LogP contribution in [-0.4, -0.2) is 39.8 Å².